The van der Waals surface area contributed by atoms with E-state index in [2.05, 4.69) is 5.10 Å². The number of para-hydroxylation sites is 2. The Bertz CT molecular complexity index is 734. The van der Waals surface area contributed by atoms with Crippen LogP contribution in [0.15, 0.2) is 65.8 Å². The molecule has 0 saturated carbocycles. The van der Waals surface area contributed by atoms with E-state index in [0.717, 1.165) is 6.21 Å². The molecule has 2 rings (SSSR count). The van der Waals surface area contributed by atoms with E-state index >= 15 is 0 Å². The maximum absolute atomic E-state index is 13.7. The third kappa shape index (κ3) is 4.45. The SMILES string of the molecule is CC(C/C=N/N(c1ccccc1)c1ccccc1)C(F)(F)C(F)(F)C(F)(F)F. The quantitative estimate of drug-likeness (QED) is 0.285. The minimum Gasteiger partial charge on any atom is -0.234 e. The number of rotatable bonds is 7. The maximum atomic E-state index is 13.7. The summed E-state index contributed by atoms with van der Waals surface area (Å²) >= 11 is 0. The lowest BCUT2D eigenvalue weighted by Crippen LogP contribution is -2.55. The van der Waals surface area contributed by atoms with Crippen LogP contribution in [-0.4, -0.2) is 24.2 Å². The topological polar surface area (TPSA) is 15.6 Å². The molecule has 0 radical (unpaired) electrons. The zero-order chi connectivity index (χ0) is 21.0. The summed E-state index contributed by atoms with van der Waals surface area (Å²) in [7, 11) is 0. The summed E-state index contributed by atoms with van der Waals surface area (Å²) in [5, 5.41) is 5.38. The summed E-state index contributed by atoms with van der Waals surface area (Å²) in [6, 6.07) is 17.1. The summed E-state index contributed by atoms with van der Waals surface area (Å²) < 4.78 is 90.7. The highest BCUT2D eigenvalue weighted by Gasteiger charge is 2.74. The van der Waals surface area contributed by atoms with Gasteiger partial charge in [-0.25, -0.2) is 5.01 Å². The molecule has 28 heavy (non-hydrogen) atoms. The Hall–Kier alpha value is -2.58. The van der Waals surface area contributed by atoms with Crippen molar-refractivity contribution in [1.82, 2.24) is 0 Å². The lowest BCUT2D eigenvalue weighted by atomic mass is 9.94. The number of anilines is 2. The Balaban J connectivity index is 2.22. The molecule has 0 aliphatic rings. The Kier molecular flexibility index (Phi) is 6.36. The fourth-order valence-corrected chi connectivity index (χ4v) is 2.35. The zero-order valence-electron chi connectivity index (χ0n) is 14.7. The number of halogens is 7. The van der Waals surface area contributed by atoms with Crippen molar-refractivity contribution < 1.29 is 30.7 Å². The van der Waals surface area contributed by atoms with Crippen molar-refractivity contribution >= 4 is 17.6 Å². The van der Waals surface area contributed by atoms with E-state index in [0.29, 0.717) is 18.3 Å². The molecule has 0 amide bonds. The lowest BCUT2D eigenvalue weighted by Gasteiger charge is -2.31. The van der Waals surface area contributed by atoms with E-state index in [1.165, 1.54) is 5.01 Å². The molecular formula is C19H17F7N2. The first kappa shape index (κ1) is 21.7. The second-order valence-electron chi connectivity index (χ2n) is 6.11. The molecule has 2 aromatic rings. The van der Waals surface area contributed by atoms with E-state index in [9.17, 15) is 30.7 Å². The Morgan fingerprint density at radius 1 is 0.821 bits per heavy atom. The standard InChI is InChI=1S/C19H17F7N2/c1-14(17(20,21)18(22,23)19(24,25)26)12-13-27-28(15-8-4-2-5-9-15)16-10-6-3-7-11-16/h2-11,13-14H,12H2,1H3/b27-13+. The van der Waals surface area contributed by atoms with Gasteiger partial charge in [-0.1, -0.05) is 43.3 Å². The van der Waals surface area contributed by atoms with Crippen molar-refractivity contribution in [3.05, 3.63) is 60.7 Å². The highest BCUT2D eigenvalue weighted by atomic mass is 19.4. The fourth-order valence-electron chi connectivity index (χ4n) is 2.35. The number of hydrogen-bond acceptors (Lipinski definition) is 2. The van der Waals surface area contributed by atoms with Gasteiger partial charge in [-0.3, -0.25) is 0 Å². The van der Waals surface area contributed by atoms with Crippen molar-refractivity contribution in [1.29, 1.82) is 0 Å². The third-order valence-electron chi connectivity index (χ3n) is 4.05. The predicted octanol–water partition coefficient (Wildman–Crippen LogP) is 6.67. The summed E-state index contributed by atoms with van der Waals surface area (Å²) in [5.41, 5.74) is 1.12. The van der Waals surface area contributed by atoms with Gasteiger partial charge in [0, 0.05) is 12.1 Å². The molecule has 0 N–H and O–H groups in total. The van der Waals surface area contributed by atoms with Crippen LogP contribution < -0.4 is 5.01 Å². The first-order chi connectivity index (χ1) is 13.0. The molecule has 9 heteroatoms. The second kappa shape index (κ2) is 8.20. The monoisotopic (exact) mass is 406 g/mol. The number of alkyl halides is 7. The molecule has 0 bridgehead atoms. The van der Waals surface area contributed by atoms with E-state index in [1.807, 2.05) is 0 Å². The Morgan fingerprint density at radius 2 is 1.25 bits per heavy atom. The van der Waals surface area contributed by atoms with E-state index in [1.54, 1.807) is 60.7 Å². The molecule has 1 unspecified atom stereocenters. The van der Waals surface area contributed by atoms with Gasteiger partial charge in [0.05, 0.1) is 11.4 Å². The van der Waals surface area contributed by atoms with E-state index < -0.39 is 30.4 Å². The molecule has 0 aliphatic carbocycles. The summed E-state index contributed by atoms with van der Waals surface area (Å²) in [5.74, 6) is -13.7. The lowest BCUT2D eigenvalue weighted by molar-refractivity contribution is -0.364. The highest BCUT2D eigenvalue weighted by Crippen LogP contribution is 2.50. The van der Waals surface area contributed by atoms with Crippen LogP contribution in [0, 0.1) is 5.92 Å². The molecule has 1 atom stereocenters. The molecular weight excluding hydrogens is 389 g/mol. The average Bonchev–Trinajstić information content (AvgIpc) is 2.65. The highest BCUT2D eigenvalue weighted by molar-refractivity contribution is 5.68. The van der Waals surface area contributed by atoms with Gasteiger partial charge in [-0.15, -0.1) is 0 Å². The Morgan fingerprint density at radius 3 is 1.64 bits per heavy atom. The maximum Gasteiger partial charge on any atom is 0.459 e. The van der Waals surface area contributed by atoms with Crippen molar-refractivity contribution in [2.75, 3.05) is 5.01 Å². The van der Waals surface area contributed by atoms with Gasteiger partial charge in [0.25, 0.3) is 0 Å². The zero-order valence-corrected chi connectivity index (χ0v) is 14.7. The van der Waals surface area contributed by atoms with Gasteiger partial charge < -0.3 is 0 Å². The second-order valence-corrected chi connectivity index (χ2v) is 6.11. The summed E-state index contributed by atoms with van der Waals surface area (Å²) in [4.78, 5) is 0. The Labute approximate surface area is 157 Å². The minimum atomic E-state index is -6.35. The van der Waals surface area contributed by atoms with Gasteiger partial charge in [-0.2, -0.15) is 35.8 Å². The van der Waals surface area contributed by atoms with Crippen LogP contribution in [0.1, 0.15) is 13.3 Å². The largest absolute Gasteiger partial charge is 0.459 e. The third-order valence-corrected chi connectivity index (χ3v) is 4.05. The van der Waals surface area contributed by atoms with Gasteiger partial charge in [-0.05, 0) is 30.7 Å². The average molecular weight is 406 g/mol. The smallest absolute Gasteiger partial charge is 0.234 e. The van der Waals surface area contributed by atoms with Crippen LogP contribution in [0.3, 0.4) is 0 Å². The number of hydrazone groups is 1. The molecule has 2 nitrogen and oxygen atoms in total. The van der Waals surface area contributed by atoms with Gasteiger partial charge >= 0.3 is 18.0 Å². The van der Waals surface area contributed by atoms with Crippen molar-refractivity contribution in [3.8, 4) is 0 Å². The van der Waals surface area contributed by atoms with Crippen LogP contribution in [0.25, 0.3) is 0 Å². The molecule has 0 aromatic heterocycles. The first-order valence-corrected chi connectivity index (χ1v) is 8.23. The number of nitrogens with zero attached hydrogens (tertiary/aromatic N) is 2. The summed E-state index contributed by atoms with van der Waals surface area (Å²) in [6.45, 7) is 0.626. The van der Waals surface area contributed by atoms with Crippen molar-refractivity contribution in [3.63, 3.8) is 0 Å². The normalized spacial score (nSPS) is 14.3. The van der Waals surface area contributed by atoms with Gasteiger partial charge in [0.2, 0.25) is 0 Å². The molecule has 0 spiro atoms. The van der Waals surface area contributed by atoms with Gasteiger partial charge in [0.15, 0.2) is 0 Å². The molecule has 0 heterocycles. The van der Waals surface area contributed by atoms with E-state index in [-0.39, 0.29) is 0 Å². The number of hydrogen-bond donors (Lipinski definition) is 0. The number of benzene rings is 2. The van der Waals surface area contributed by atoms with E-state index in [4.69, 9.17) is 0 Å². The van der Waals surface area contributed by atoms with Crippen LogP contribution in [0.4, 0.5) is 42.1 Å². The van der Waals surface area contributed by atoms with Crippen LogP contribution in [0.5, 0.6) is 0 Å². The van der Waals surface area contributed by atoms with Gasteiger partial charge in [0.1, 0.15) is 0 Å². The van der Waals surface area contributed by atoms with Crippen molar-refractivity contribution in [2.24, 2.45) is 11.0 Å². The summed E-state index contributed by atoms with van der Waals surface area (Å²) in [6.07, 6.45) is -6.22. The van der Waals surface area contributed by atoms with Crippen LogP contribution in [0.2, 0.25) is 0 Å². The molecule has 0 aliphatic heterocycles. The van der Waals surface area contributed by atoms with Crippen LogP contribution in [-0.2, 0) is 0 Å². The van der Waals surface area contributed by atoms with Crippen LogP contribution >= 0.6 is 0 Å². The molecule has 0 fully saturated rings. The predicted molar refractivity (Wildman–Crippen MR) is 93.2 cm³/mol. The van der Waals surface area contributed by atoms with Crippen molar-refractivity contribution in [2.45, 2.75) is 31.4 Å². The first-order valence-electron chi connectivity index (χ1n) is 8.23. The molecule has 152 valence electrons. The molecule has 0 saturated heterocycles. The molecule has 2 aromatic carbocycles. The fraction of sp³-hybridized carbons (Fsp3) is 0.316. The minimum absolute atomic E-state index is 0.560.